The van der Waals surface area contributed by atoms with Gasteiger partial charge in [0.05, 0.1) is 29.7 Å². The molecule has 1 heterocycles. The van der Waals surface area contributed by atoms with E-state index in [1.165, 1.54) is 36.6 Å². The van der Waals surface area contributed by atoms with Crippen molar-refractivity contribution in [2.24, 2.45) is 0 Å². The fourth-order valence-corrected chi connectivity index (χ4v) is 4.23. The highest BCUT2D eigenvalue weighted by Gasteiger charge is 2.20. The molecule has 1 N–H and O–H groups in total. The third-order valence-electron chi connectivity index (χ3n) is 4.88. The lowest BCUT2D eigenvalue weighted by Crippen LogP contribution is -2.12. The molecule has 0 unspecified atom stereocenters. The van der Waals surface area contributed by atoms with Crippen LogP contribution in [-0.4, -0.2) is 30.0 Å². The minimum Gasteiger partial charge on any atom is -0.497 e. The quantitative estimate of drug-likeness (QED) is 0.282. The highest BCUT2D eigenvalue weighted by atomic mass is 32.1. The smallest absolute Gasteiger partial charge is 0.311 e. The van der Waals surface area contributed by atoms with Crippen LogP contribution < -0.4 is 14.8 Å². The summed E-state index contributed by atoms with van der Waals surface area (Å²) in [5.74, 6) is 0.305. The Morgan fingerprint density at radius 2 is 1.70 bits per heavy atom. The van der Waals surface area contributed by atoms with Gasteiger partial charge in [0.1, 0.15) is 5.75 Å². The van der Waals surface area contributed by atoms with Gasteiger partial charge in [0.2, 0.25) is 0 Å². The van der Waals surface area contributed by atoms with Gasteiger partial charge in [-0.25, -0.2) is 4.98 Å². The van der Waals surface area contributed by atoms with E-state index in [0.717, 1.165) is 21.8 Å². The Labute approximate surface area is 193 Å². The average Bonchev–Trinajstić information content (AvgIpc) is 3.27. The number of carbonyl (C=O) groups is 1. The van der Waals surface area contributed by atoms with Gasteiger partial charge >= 0.3 is 5.69 Å². The number of thiazole rings is 1. The molecular formula is C24H19N3O5S. The zero-order valence-corrected chi connectivity index (χ0v) is 18.6. The minimum absolute atomic E-state index is 0.0824. The number of anilines is 1. The number of nitrogens with one attached hydrogen (secondary N) is 1. The Bertz CT molecular complexity index is 1300. The molecule has 1 amide bonds. The second kappa shape index (κ2) is 9.49. The van der Waals surface area contributed by atoms with Crippen LogP contribution in [0.25, 0.3) is 21.7 Å². The number of methoxy groups -OCH3 is 2. The van der Waals surface area contributed by atoms with Crippen molar-refractivity contribution in [3.05, 3.63) is 88.5 Å². The van der Waals surface area contributed by atoms with E-state index in [2.05, 4.69) is 10.3 Å². The zero-order chi connectivity index (χ0) is 23.4. The molecule has 0 aliphatic rings. The van der Waals surface area contributed by atoms with E-state index in [0.29, 0.717) is 10.8 Å². The van der Waals surface area contributed by atoms with Gasteiger partial charge in [-0.05, 0) is 42.0 Å². The van der Waals surface area contributed by atoms with Crippen LogP contribution in [0.5, 0.6) is 11.5 Å². The number of hydrogen-bond acceptors (Lipinski definition) is 7. The molecule has 0 atom stereocenters. The fourth-order valence-electron chi connectivity index (χ4n) is 3.25. The van der Waals surface area contributed by atoms with Gasteiger partial charge in [-0.2, -0.15) is 0 Å². The molecule has 0 aliphatic heterocycles. The molecule has 0 aliphatic carbocycles. The Hall–Kier alpha value is -4.24. The number of hydrogen-bond donors (Lipinski definition) is 1. The molecule has 9 heteroatoms. The summed E-state index contributed by atoms with van der Waals surface area (Å²) < 4.78 is 10.2. The second-order valence-electron chi connectivity index (χ2n) is 6.89. The SMILES string of the molecule is COc1ccc(-c2nc(NC(=O)c3ccc(OC)c([N+](=O)[O-])c3)sc2-c2ccccc2)cc1. The summed E-state index contributed by atoms with van der Waals surface area (Å²) in [5.41, 5.74) is 2.39. The van der Waals surface area contributed by atoms with E-state index in [-0.39, 0.29) is 17.0 Å². The van der Waals surface area contributed by atoms with Crippen LogP contribution in [0.15, 0.2) is 72.8 Å². The summed E-state index contributed by atoms with van der Waals surface area (Å²) in [6, 6.07) is 21.3. The molecule has 0 saturated carbocycles. The number of nitrogens with zero attached hydrogens (tertiary/aromatic N) is 2. The number of benzene rings is 3. The van der Waals surface area contributed by atoms with Crippen LogP contribution in [0.3, 0.4) is 0 Å². The van der Waals surface area contributed by atoms with Crippen molar-refractivity contribution in [1.29, 1.82) is 0 Å². The molecule has 8 nitrogen and oxygen atoms in total. The predicted octanol–water partition coefficient (Wildman–Crippen LogP) is 5.65. The third kappa shape index (κ3) is 4.68. The molecule has 4 aromatic rings. The lowest BCUT2D eigenvalue weighted by Gasteiger charge is -2.05. The van der Waals surface area contributed by atoms with Gasteiger partial charge in [0.15, 0.2) is 10.9 Å². The number of nitro benzene ring substituents is 1. The lowest BCUT2D eigenvalue weighted by molar-refractivity contribution is -0.385. The average molecular weight is 461 g/mol. The molecule has 33 heavy (non-hydrogen) atoms. The first-order valence-electron chi connectivity index (χ1n) is 9.84. The molecule has 0 bridgehead atoms. The number of aromatic nitrogens is 1. The van der Waals surface area contributed by atoms with Crippen molar-refractivity contribution in [1.82, 2.24) is 4.98 Å². The summed E-state index contributed by atoms with van der Waals surface area (Å²) in [4.78, 5) is 29.1. The maximum atomic E-state index is 12.8. The molecule has 0 radical (unpaired) electrons. The third-order valence-corrected chi connectivity index (χ3v) is 5.90. The highest BCUT2D eigenvalue weighted by Crippen LogP contribution is 2.39. The van der Waals surface area contributed by atoms with Crippen molar-refractivity contribution >= 4 is 28.1 Å². The van der Waals surface area contributed by atoms with Gasteiger partial charge in [-0.3, -0.25) is 20.2 Å². The summed E-state index contributed by atoms with van der Waals surface area (Å²) in [5, 5.41) is 14.4. The Morgan fingerprint density at radius 3 is 2.33 bits per heavy atom. The van der Waals surface area contributed by atoms with Crippen LogP contribution in [0.1, 0.15) is 10.4 Å². The lowest BCUT2D eigenvalue weighted by atomic mass is 10.1. The standard InChI is InChI=1S/C24H19N3O5S/c1-31-18-11-8-15(9-12-18)21-22(16-6-4-3-5-7-16)33-24(25-21)26-23(28)17-10-13-20(32-2)19(14-17)27(29)30/h3-14H,1-2H3,(H,25,26,28). The van der Waals surface area contributed by atoms with E-state index in [4.69, 9.17) is 9.47 Å². The Kier molecular flexibility index (Phi) is 6.32. The van der Waals surface area contributed by atoms with Crippen molar-refractivity contribution in [3.8, 4) is 33.2 Å². The van der Waals surface area contributed by atoms with Gasteiger partial charge in [-0.1, -0.05) is 41.7 Å². The maximum absolute atomic E-state index is 12.8. The van der Waals surface area contributed by atoms with E-state index < -0.39 is 10.8 Å². The van der Waals surface area contributed by atoms with Crippen molar-refractivity contribution in [2.45, 2.75) is 0 Å². The number of ether oxygens (including phenoxy) is 2. The van der Waals surface area contributed by atoms with Crippen molar-refractivity contribution in [3.63, 3.8) is 0 Å². The van der Waals surface area contributed by atoms with Gasteiger partial charge in [0.25, 0.3) is 5.91 Å². The van der Waals surface area contributed by atoms with Crippen molar-refractivity contribution < 1.29 is 19.2 Å². The van der Waals surface area contributed by atoms with Crippen molar-refractivity contribution in [2.75, 3.05) is 19.5 Å². The number of rotatable bonds is 7. The first kappa shape index (κ1) is 22.0. The number of nitro groups is 1. The largest absolute Gasteiger partial charge is 0.497 e. The first-order valence-corrected chi connectivity index (χ1v) is 10.7. The monoisotopic (exact) mass is 461 g/mol. The second-order valence-corrected chi connectivity index (χ2v) is 7.89. The number of amides is 1. The molecule has 0 saturated heterocycles. The fraction of sp³-hybridized carbons (Fsp3) is 0.0833. The number of carbonyl (C=O) groups excluding carboxylic acids is 1. The molecular weight excluding hydrogens is 442 g/mol. The molecule has 3 aromatic carbocycles. The normalized spacial score (nSPS) is 10.5. The summed E-state index contributed by atoms with van der Waals surface area (Å²) in [6.45, 7) is 0. The van der Waals surface area contributed by atoms with E-state index in [9.17, 15) is 14.9 Å². The molecule has 166 valence electrons. The van der Waals surface area contributed by atoms with Crippen LogP contribution in [0.4, 0.5) is 10.8 Å². The van der Waals surface area contributed by atoms with Crippen LogP contribution in [-0.2, 0) is 0 Å². The Morgan fingerprint density at radius 1 is 0.970 bits per heavy atom. The minimum atomic E-state index is -0.589. The van der Waals surface area contributed by atoms with Crippen LogP contribution in [0.2, 0.25) is 0 Å². The topological polar surface area (TPSA) is 104 Å². The van der Waals surface area contributed by atoms with Gasteiger partial charge in [0, 0.05) is 17.2 Å². The van der Waals surface area contributed by atoms with Gasteiger partial charge in [-0.15, -0.1) is 0 Å². The molecule has 4 rings (SSSR count). The van der Waals surface area contributed by atoms with E-state index in [1.54, 1.807) is 7.11 Å². The van der Waals surface area contributed by atoms with Crippen LogP contribution >= 0.6 is 11.3 Å². The molecule has 1 aromatic heterocycles. The predicted molar refractivity (Wildman–Crippen MR) is 127 cm³/mol. The van der Waals surface area contributed by atoms with Gasteiger partial charge < -0.3 is 9.47 Å². The summed E-state index contributed by atoms with van der Waals surface area (Å²) >= 11 is 1.33. The summed E-state index contributed by atoms with van der Waals surface area (Å²) in [7, 11) is 2.94. The maximum Gasteiger partial charge on any atom is 0.311 e. The molecule has 0 fully saturated rings. The zero-order valence-electron chi connectivity index (χ0n) is 17.8. The highest BCUT2D eigenvalue weighted by molar-refractivity contribution is 7.19. The van der Waals surface area contributed by atoms with E-state index in [1.807, 2.05) is 54.6 Å². The van der Waals surface area contributed by atoms with E-state index >= 15 is 0 Å². The summed E-state index contributed by atoms with van der Waals surface area (Å²) in [6.07, 6.45) is 0. The molecule has 0 spiro atoms. The Balaban J connectivity index is 1.70. The first-order chi connectivity index (χ1) is 16.0. The van der Waals surface area contributed by atoms with Crippen LogP contribution in [0, 0.1) is 10.1 Å².